The van der Waals surface area contributed by atoms with Crippen LogP contribution >= 0.6 is 0 Å². The molecule has 2 aromatic rings. The Morgan fingerprint density at radius 1 is 1.32 bits per heavy atom. The van der Waals surface area contributed by atoms with Crippen LogP contribution < -0.4 is 10.1 Å². The van der Waals surface area contributed by atoms with Crippen molar-refractivity contribution in [3.05, 3.63) is 36.4 Å². The number of amides is 1. The van der Waals surface area contributed by atoms with Crippen molar-refractivity contribution in [2.24, 2.45) is 0 Å². The summed E-state index contributed by atoms with van der Waals surface area (Å²) in [5, 5.41) is 4.81. The highest BCUT2D eigenvalue weighted by Crippen LogP contribution is 2.32. The van der Waals surface area contributed by atoms with E-state index in [1.54, 1.807) is 0 Å². The van der Waals surface area contributed by atoms with Crippen LogP contribution in [0.2, 0.25) is 0 Å². The molecule has 1 saturated heterocycles. The van der Waals surface area contributed by atoms with Crippen molar-refractivity contribution in [2.45, 2.75) is 13.0 Å². The van der Waals surface area contributed by atoms with Crippen LogP contribution in [0.15, 0.2) is 36.4 Å². The zero-order valence-corrected chi connectivity index (χ0v) is 10.7. The van der Waals surface area contributed by atoms with Gasteiger partial charge in [0, 0.05) is 23.4 Å². The molecule has 0 bridgehead atoms. The van der Waals surface area contributed by atoms with E-state index in [0.717, 1.165) is 28.8 Å². The van der Waals surface area contributed by atoms with Crippen molar-refractivity contribution in [3.8, 4) is 5.75 Å². The first kappa shape index (κ1) is 12.0. The molecule has 1 fully saturated rings. The minimum absolute atomic E-state index is 0.0785. The van der Waals surface area contributed by atoms with Crippen LogP contribution in [0.5, 0.6) is 5.75 Å². The predicted octanol–water partition coefficient (Wildman–Crippen LogP) is 2.58. The number of carbonyl (C=O) groups is 1. The van der Waals surface area contributed by atoms with Crippen LogP contribution in [-0.2, 0) is 9.53 Å². The van der Waals surface area contributed by atoms with Crippen LogP contribution in [0.25, 0.3) is 10.8 Å². The molecule has 0 aromatic heterocycles. The van der Waals surface area contributed by atoms with Gasteiger partial charge in [-0.05, 0) is 12.1 Å². The molecule has 1 N–H and O–H groups in total. The number of epoxide rings is 1. The number of hydrogen-bond donors (Lipinski definition) is 1. The Kier molecular flexibility index (Phi) is 3.09. The van der Waals surface area contributed by atoms with Crippen molar-refractivity contribution >= 4 is 22.4 Å². The van der Waals surface area contributed by atoms with E-state index < -0.39 is 0 Å². The van der Waals surface area contributed by atoms with Gasteiger partial charge in [0.05, 0.1) is 6.61 Å². The average molecular weight is 257 g/mol. The molecule has 0 spiro atoms. The number of fused-ring (bicyclic) bond motifs is 1. The lowest BCUT2D eigenvalue weighted by Crippen LogP contribution is -2.07. The molecule has 4 heteroatoms. The third-order valence-corrected chi connectivity index (χ3v) is 3.02. The second-order valence-corrected chi connectivity index (χ2v) is 4.60. The number of anilines is 1. The summed E-state index contributed by atoms with van der Waals surface area (Å²) in [5.74, 6) is 0.741. The molecular formula is C15H15NO3. The Bertz CT molecular complexity index is 620. The van der Waals surface area contributed by atoms with Crippen LogP contribution in [0.3, 0.4) is 0 Å². The Labute approximate surface area is 111 Å². The van der Waals surface area contributed by atoms with Gasteiger partial charge in [-0.15, -0.1) is 0 Å². The van der Waals surface area contributed by atoms with E-state index in [-0.39, 0.29) is 12.0 Å². The number of ether oxygens (including phenoxy) is 2. The van der Waals surface area contributed by atoms with E-state index in [9.17, 15) is 4.79 Å². The zero-order chi connectivity index (χ0) is 13.2. The Morgan fingerprint density at radius 3 is 2.74 bits per heavy atom. The standard InChI is InChI=1S/C15H15NO3/c1-10(17)16-14-6-7-15(19-9-11-8-18-11)13-5-3-2-4-12(13)14/h2-7,11H,8-9H2,1H3,(H,16,17)/t11-/m0/s1. The van der Waals surface area contributed by atoms with Crippen LogP contribution in [-0.4, -0.2) is 25.2 Å². The van der Waals surface area contributed by atoms with Gasteiger partial charge in [0.25, 0.3) is 0 Å². The normalized spacial score (nSPS) is 17.2. The second kappa shape index (κ2) is 4.90. The molecule has 1 aliphatic heterocycles. The fourth-order valence-corrected chi connectivity index (χ4v) is 2.04. The van der Waals surface area contributed by atoms with Crippen molar-refractivity contribution in [2.75, 3.05) is 18.5 Å². The molecule has 1 amide bonds. The molecule has 0 radical (unpaired) electrons. The van der Waals surface area contributed by atoms with Crippen LogP contribution in [0.4, 0.5) is 5.69 Å². The number of hydrogen-bond acceptors (Lipinski definition) is 3. The smallest absolute Gasteiger partial charge is 0.221 e. The van der Waals surface area contributed by atoms with E-state index in [0.29, 0.717) is 6.61 Å². The van der Waals surface area contributed by atoms with Gasteiger partial charge < -0.3 is 14.8 Å². The number of benzene rings is 2. The summed E-state index contributed by atoms with van der Waals surface area (Å²) in [6.45, 7) is 2.86. The molecule has 0 aliphatic carbocycles. The van der Waals surface area contributed by atoms with Crippen molar-refractivity contribution in [3.63, 3.8) is 0 Å². The maximum Gasteiger partial charge on any atom is 0.221 e. The summed E-state index contributed by atoms with van der Waals surface area (Å²) < 4.78 is 10.9. The Hall–Kier alpha value is -2.07. The SMILES string of the molecule is CC(=O)Nc1ccc(OC[C@@H]2CO2)c2ccccc12. The van der Waals surface area contributed by atoms with E-state index in [2.05, 4.69) is 5.32 Å². The third kappa shape index (κ3) is 2.69. The number of carbonyl (C=O) groups excluding carboxylic acids is 1. The fourth-order valence-electron chi connectivity index (χ4n) is 2.04. The first-order chi connectivity index (χ1) is 9.24. The molecule has 4 nitrogen and oxygen atoms in total. The van der Waals surface area contributed by atoms with E-state index in [4.69, 9.17) is 9.47 Å². The van der Waals surface area contributed by atoms with Crippen molar-refractivity contribution in [1.29, 1.82) is 0 Å². The fraction of sp³-hybridized carbons (Fsp3) is 0.267. The van der Waals surface area contributed by atoms with Crippen molar-refractivity contribution in [1.82, 2.24) is 0 Å². The average Bonchev–Trinajstić information content (AvgIpc) is 3.21. The minimum Gasteiger partial charge on any atom is -0.490 e. The molecule has 1 atom stereocenters. The summed E-state index contributed by atoms with van der Waals surface area (Å²) in [7, 11) is 0. The molecule has 98 valence electrons. The van der Waals surface area contributed by atoms with Crippen LogP contribution in [0.1, 0.15) is 6.92 Å². The van der Waals surface area contributed by atoms with Gasteiger partial charge >= 0.3 is 0 Å². The molecule has 1 heterocycles. The summed E-state index contributed by atoms with van der Waals surface area (Å²) in [6.07, 6.45) is 0.230. The van der Waals surface area contributed by atoms with E-state index in [1.165, 1.54) is 6.92 Å². The van der Waals surface area contributed by atoms with Crippen LogP contribution in [0, 0.1) is 0 Å². The summed E-state index contributed by atoms with van der Waals surface area (Å²) in [4.78, 5) is 11.2. The third-order valence-electron chi connectivity index (χ3n) is 3.02. The largest absolute Gasteiger partial charge is 0.490 e. The van der Waals surface area contributed by atoms with E-state index in [1.807, 2.05) is 36.4 Å². The highest BCUT2D eigenvalue weighted by Gasteiger charge is 2.23. The highest BCUT2D eigenvalue weighted by atomic mass is 16.6. The number of nitrogens with one attached hydrogen (secondary N) is 1. The van der Waals surface area contributed by atoms with Gasteiger partial charge in [0.1, 0.15) is 18.5 Å². The molecule has 0 unspecified atom stereocenters. The first-order valence-electron chi connectivity index (χ1n) is 6.28. The van der Waals surface area contributed by atoms with Gasteiger partial charge in [-0.25, -0.2) is 0 Å². The minimum atomic E-state index is -0.0785. The monoisotopic (exact) mass is 257 g/mol. The van der Waals surface area contributed by atoms with Gasteiger partial charge in [0.2, 0.25) is 5.91 Å². The Morgan fingerprint density at radius 2 is 2.05 bits per heavy atom. The lowest BCUT2D eigenvalue weighted by Gasteiger charge is -2.12. The number of rotatable bonds is 4. The maximum atomic E-state index is 11.2. The van der Waals surface area contributed by atoms with Gasteiger partial charge in [-0.1, -0.05) is 24.3 Å². The lowest BCUT2D eigenvalue weighted by molar-refractivity contribution is -0.114. The second-order valence-electron chi connectivity index (χ2n) is 4.60. The topological polar surface area (TPSA) is 50.9 Å². The maximum absolute atomic E-state index is 11.2. The molecule has 0 saturated carbocycles. The lowest BCUT2D eigenvalue weighted by atomic mass is 10.1. The molecule has 19 heavy (non-hydrogen) atoms. The van der Waals surface area contributed by atoms with Gasteiger partial charge in [-0.2, -0.15) is 0 Å². The summed E-state index contributed by atoms with van der Waals surface area (Å²) in [6, 6.07) is 11.6. The van der Waals surface area contributed by atoms with E-state index >= 15 is 0 Å². The van der Waals surface area contributed by atoms with Gasteiger partial charge in [0.15, 0.2) is 0 Å². The highest BCUT2D eigenvalue weighted by molar-refractivity contribution is 6.03. The first-order valence-corrected chi connectivity index (χ1v) is 6.28. The van der Waals surface area contributed by atoms with Crippen molar-refractivity contribution < 1.29 is 14.3 Å². The molecular weight excluding hydrogens is 242 g/mol. The molecule has 3 rings (SSSR count). The molecule has 2 aromatic carbocycles. The quantitative estimate of drug-likeness (QED) is 0.856. The Balaban J connectivity index is 1.97. The predicted molar refractivity (Wildman–Crippen MR) is 73.5 cm³/mol. The summed E-state index contributed by atoms with van der Waals surface area (Å²) >= 11 is 0. The molecule has 1 aliphatic rings. The van der Waals surface area contributed by atoms with Gasteiger partial charge in [-0.3, -0.25) is 4.79 Å². The summed E-state index contributed by atoms with van der Waals surface area (Å²) in [5.41, 5.74) is 0.804. The zero-order valence-electron chi connectivity index (χ0n) is 10.7.